The summed E-state index contributed by atoms with van der Waals surface area (Å²) in [4.78, 5) is 4.59. The quantitative estimate of drug-likeness (QED) is 0.392. The first kappa shape index (κ1) is 20.5. The van der Waals surface area contributed by atoms with Gasteiger partial charge in [-0.3, -0.25) is 0 Å². The van der Waals surface area contributed by atoms with Crippen LogP contribution < -0.4 is 4.74 Å². The van der Waals surface area contributed by atoms with E-state index in [1.165, 1.54) is 0 Å². The lowest BCUT2D eigenvalue weighted by atomic mass is 9.98. The minimum absolute atomic E-state index is 0.437. The molecule has 8 heteroatoms. The molecule has 0 saturated carbocycles. The molecular weight excluding hydrogens is 390 g/mol. The van der Waals surface area contributed by atoms with Crippen LogP contribution in [0.2, 0.25) is 0 Å². The van der Waals surface area contributed by atoms with Gasteiger partial charge in [0.2, 0.25) is 0 Å². The topological polar surface area (TPSA) is 94.4 Å². The van der Waals surface area contributed by atoms with Crippen LogP contribution in [0.3, 0.4) is 0 Å². The van der Waals surface area contributed by atoms with Crippen molar-refractivity contribution in [3.05, 3.63) is 72.6 Å². The van der Waals surface area contributed by atoms with E-state index in [1.807, 2.05) is 29.0 Å². The van der Waals surface area contributed by atoms with Crippen molar-refractivity contribution in [3.8, 4) is 28.5 Å². The third-order valence-corrected chi connectivity index (χ3v) is 4.86. The molecule has 2 heterocycles. The second kappa shape index (κ2) is 9.80. The van der Waals surface area contributed by atoms with Crippen molar-refractivity contribution in [1.29, 1.82) is 0 Å². The lowest BCUT2D eigenvalue weighted by Gasteiger charge is -2.09. The van der Waals surface area contributed by atoms with E-state index >= 15 is 0 Å². The number of nitrogens with one attached hydrogen (secondary N) is 1. The Morgan fingerprint density at radius 3 is 2.61 bits per heavy atom. The Balaban J connectivity index is 1.56. The van der Waals surface area contributed by atoms with Gasteiger partial charge in [0, 0.05) is 18.5 Å². The zero-order chi connectivity index (χ0) is 21.5. The van der Waals surface area contributed by atoms with Crippen molar-refractivity contribution in [1.82, 2.24) is 35.4 Å². The van der Waals surface area contributed by atoms with Crippen LogP contribution in [0.1, 0.15) is 31.2 Å². The van der Waals surface area contributed by atoms with E-state index in [0.29, 0.717) is 24.9 Å². The van der Waals surface area contributed by atoms with Crippen LogP contribution in [0.25, 0.3) is 22.5 Å². The predicted molar refractivity (Wildman–Crippen MR) is 118 cm³/mol. The lowest BCUT2D eigenvalue weighted by molar-refractivity contribution is 0.290. The third kappa shape index (κ3) is 4.85. The van der Waals surface area contributed by atoms with Crippen molar-refractivity contribution in [2.75, 3.05) is 6.61 Å². The van der Waals surface area contributed by atoms with Gasteiger partial charge in [-0.05, 0) is 40.0 Å². The Morgan fingerprint density at radius 2 is 1.90 bits per heavy atom. The predicted octanol–water partition coefficient (Wildman–Crippen LogP) is 4.08. The Labute approximate surface area is 181 Å². The SMILES string of the molecule is C=CCCn1nc(OCCC)nc1Cc1ccc(-c2ccccc2-c2nnn[nH]2)cc1. The fourth-order valence-corrected chi connectivity index (χ4v) is 3.33. The van der Waals surface area contributed by atoms with Crippen LogP contribution in [0.4, 0.5) is 0 Å². The van der Waals surface area contributed by atoms with E-state index in [9.17, 15) is 0 Å². The summed E-state index contributed by atoms with van der Waals surface area (Å²) in [5.41, 5.74) is 4.27. The molecule has 4 rings (SSSR count). The van der Waals surface area contributed by atoms with Gasteiger partial charge in [-0.15, -0.1) is 16.8 Å². The van der Waals surface area contributed by atoms with Gasteiger partial charge in [0.05, 0.1) is 6.61 Å². The second-order valence-corrected chi connectivity index (χ2v) is 7.13. The number of aromatic amines is 1. The van der Waals surface area contributed by atoms with E-state index in [0.717, 1.165) is 47.5 Å². The number of nitrogens with zero attached hydrogens (tertiary/aromatic N) is 6. The molecular formula is C23H25N7O. The molecule has 8 nitrogen and oxygen atoms in total. The maximum absolute atomic E-state index is 5.63. The van der Waals surface area contributed by atoms with Crippen LogP contribution in [0.5, 0.6) is 6.01 Å². The highest BCUT2D eigenvalue weighted by Crippen LogP contribution is 2.30. The first-order chi connectivity index (χ1) is 15.3. The summed E-state index contributed by atoms with van der Waals surface area (Å²) in [5.74, 6) is 1.53. The number of ether oxygens (including phenoxy) is 1. The number of aryl methyl sites for hydroxylation is 1. The molecule has 0 radical (unpaired) electrons. The van der Waals surface area contributed by atoms with Crippen molar-refractivity contribution < 1.29 is 4.74 Å². The van der Waals surface area contributed by atoms with Gasteiger partial charge in [-0.2, -0.15) is 4.98 Å². The molecule has 0 spiro atoms. The fraction of sp³-hybridized carbons (Fsp3) is 0.261. The summed E-state index contributed by atoms with van der Waals surface area (Å²) in [6, 6.07) is 16.9. The van der Waals surface area contributed by atoms with Crippen LogP contribution in [-0.4, -0.2) is 42.0 Å². The normalized spacial score (nSPS) is 10.9. The molecule has 31 heavy (non-hydrogen) atoms. The molecule has 0 unspecified atom stereocenters. The summed E-state index contributed by atoms with van der Waals surface area (Å²) in [6.07, 6.45) is 4.31. The van der Waals surface area contributed by atoms with Crippen molar-refractivity contribution >= 4 is 0 Å². The summed E-state index contributed by atoms with van der Waals surface area (Å²) in [7, 11) is 0. The minimum atomic E-state index is 0.437. The zero-order valence-electron chi connectivity index (χ0n) is 17.5. The Bertz CT molecular complexity index is 1120. The monoisotopic (exact) mass is 415 g/mol. The first-order valence-corrected chi connectivity index (χ1v) is 10.4. The summed E-state index contributed by atoms with van der Waals surface area (Å²) in [5, 5.41) is 18.8. The van der Waals surface area contributed by atoms with Crippen molar-refractivity contribution in [2.24, 2.45) is 0 Å². The molecule has 0 atom stereocenters. The highest BCUT2D eigenvalue weighted by Gasteiger charge is 2.13. The van der Waals surface area contributed by atoms with E-state index in [1.54, 1.807) is 0 Å². The number of H-pyrrole nitrogens is 1. The summed E-state index contributed by atoms with van der Waals surface area (Å²) in [6.45, 7) is 7.21. The van der Waals surface area contributed by atoms with Crippen molar-refractivity contribution in [2.45, 2.75) is 32.7 Å². The molecule has 0 aliphatic rings. The van der Waals surface area contributed by atoms with E-state index in [2.05, 4.69) is 74.5 Å². The number of allylic oxidation sites excluding steroid dienone is 1. The molecule has 0 saturated heterocycles. The smallest absolute Gasteiger partial charge is 0.335 e. The van der Waals surface area contributed by atoms with E-state index in [-0.39, 0.29) is 0 Å². The van der Waals surface area contributed by atoms with Gasteiger partial charge in [-0.1, -0.05) is 61.5 Å². The number of hydrogen-bond donors (Lipinski definition) is 1. The zero-order valence-corrected chi connectivity index (χ0v) is 17.5. The Hall–Kier alpha value is -3.81. The maximum atomic E-state index is 5.63. The largest absolute Gasteiger partial charge is 0.462 e. The van der Waals surface area contributed by atoms with Crippen LogP contribution >= 0.6 is 0 Å². The second-order valence-electron chi connectivity index (χ2n) is 7.13. The minimum Gasteiger partial charge on any atom is -0.462 e. The number of rotatable bonds is 10. The Kier molecular flexibility index (Phi) is 6.47. The number of tetrazole rings is 1. The molecule has 2 aromatic carbocycles. The average molecular weight is 416 g/mol. The molecule has 4 aromatic rings. The first-order valence-electron chi connectivity index (χ1n) is 10.4. The number of hydrogen-bond acceptors (Lipinski definition) is 6. The molecule has 1 N–H and O–H groups in total. The van der Waals surface area contributed by atoms with Gasteiger partial charge < -0.3 is 4.74 Å². The molecule has 0 bridgehead atoms. The molecule has 2 aromatic heterocycles. The number of aromatic nitrogens is 7. The van der Waals surface area contributed by atoms with Gasteiger partial charge in [0.15, 0.2) is 5.82 Å². The molecule has 0 aliphatic carbocycles. The molecule has 158 valence electrons. The van der Waals surface area contributed by atoms with Crippen LogP contribution in [-0.2, 0) is 13.0 Å². The van der Waals surface area contributed by atoms with Crippen LogP contribution in [0, 0.1) is 0 Å². The average Bonchev–Trinajstić information content (AvgIpc) is 3.47. The number of benzene rings is 2. The maximum Gasteiger partial charge on any atom is 0.335 e. The van der Waals surface area contributed by atoms with E-state index in [4.69, 9.17) is 4.74 Å². The summed E-state index contributed by atoms with van der Waals surface area (Å²) >= 11 is 0. The highest BCUT2D eigenvalue weighted by atomic mass is 16.5. The molecule has 0 fully saturated rings. The van der Waals surface area contributed by atoms with Crippen molar-refractivity contribution in [3.63, 3.8) is 0 Å². The Morgan fingerprint density at radius 1 is 1.10 bits per heavy atom. The summed E-state index contributed by atoms with van der Waals surface area (Å²) < 4.78 is 7.54. The van der Waals surface area contributed by atoms with Gasteiger partial charge in [-0.25, -0.2) is 9.78 Å². The fourth-order valence-electron chi connectivity index (χ4n) is 3.33. The van der Waals surface area contributed by atoms with Gasteiger partial charge >= 0.3 is 6.01 Å². The highest BCUT2D eigenvalue weighted by molar-refractivity contribution is 5.80. The van der Waals surface area contributed by atoms with Gasteiger partial charge in [0.25, 0.3) is 0 Å². The standard InChI is InChI=1S/C23H25N7O/c1-3-5-14-30-21(24-23(27-30)31-15-4-2)16-17-10-12-18(13-11-17)19-8-6-7-9-20(19)22-25-28-29-26-22/h3,6-13H,1,4-5,14-16H2,2H3,(H,25,26,28,29). The third-order valence-electron chi connectivity index (χ3n) is 4.86. The van der Waals surface area contributed by atoms with Crippen LogP contribution in [0.15, 0.2) is 61.2 Å². The van der Waals surface area contributed by atoms with Gasteiger partial charge in [0.1, 0.15) is 5.82 Å². The molecule has 0 aliphatic heterocycles. The lowest BCUT2D eigenvalue weighted by Crippen LogP contribution is -2.06. The van der Waals surface area contributed by atoms with E-state index < -0.39 is 0 Å². The molecule has 0 amide bonds.